The van der Waals surface area contributed by atoms with Gasteiger partial charge in [-0.1, -0.05) is 30.3 Å². The molecule has 0 saturated carbocycles. The number of carbonyl (C=O) groups excluding carboxylic acids is 1. The SMILES string of the molecule is COCCN1CCC(NC(=O)c2ccc(Nc3ncc4c(n3)-c3c(nn(C)c3-c3ccccc3)CC4)c(OC)c2)CC1. The first-order valence-electron chi connectivity index (χ1n) is 14.5. The molecule has 1 amide bonds. The van der Waals surface area contributed by atoms with E-state index in [1.807, 2.05) is 42.2 Å². The van der Waals surface area contributed by atoms with Crippen LogP contribution in [0.1, 0.15) is 34.5 Å². The van der Waals surface area contributed by atoms with Crippen LogP contribution in [0.15, 0.2) is 54.7 Å². The van der Waals surface area contributed by atoms with Gasteiger partial charge in [-0.25, -0.2) is 9.97 Å². The molecule has 0 atom stereocenters. The Kier molecular flexibility index (Phi) is 8.16. The molecule has 2 aliphatic rings. The van der Waals surface area contributed by atoms with Gasteiger partial charge in [0.05, 0.1) is 36.5 Å². The third kappa shape index (κ3) is 5.73. The summed E-state index contributed by atoms with van der Waals surface area (Å²) in [5, 5.41) is 11.3. The fourth-order valence-electron chi connectivity index (χ4n) is 5.90. The molecule has 1 aliphatic carbocycles. The Morgan fingerprint density at radius 1 is 1.07 bits per heavy atom. The number of aromatic nitrogens is 4. The molecule has 1 saturated heterocycles. The van der Waals surface area contributed by atoms with Gasteiger partial charge in [0, 0.05) is 62.7 Å². The van der Waals surface area contributed by atoms with E-state index in [1.54, 1.807) is 26.4 Å². The first-order chi connectivity index (χ1) is 20.5. The van der Waals surface area contributed by atoms with Crippen molar-refractivity contribution in [2.45, 2.75) is 31.7 Å². The van der Waals surface area contributed by atoms with Gasteiger partial charge in [0.15, 0.2) is 0 Å². The number of aryl methyl sites for hydroxylation is 3. The standard InChI is InChI=1S/C32H37N7O3/c1-38-30(21-7-5-4-6-8-21)28-26(37-38)12-10-23-20-33-32(36-29(23)28)35-25-11-9-22(19-27(25)42-3)31(40)34-24-13-15-39(16-14-24)17-18-41-2/h4-9,11,19-20,24H,10,12-18H2,1-3H3,(H,34,40)(H,33,35,36). The second-order valence-corrected chi connectivity index (χ2v) is 10.8. The molecule has 1 aliphatic heterocycles. The normalized spacial score (nSPS) is 15.1. The largest absolute Gasteiger partial charge is 0.495 e. The third-order valence-corrected chi connectivity index (χ3v) is 8.14. The van der Waals surface area contributed by atoms with Gasteiger partial charge in [-0.05, 0) is 49.4 Å². The molecule has 2 aromatic heterocycles. The van der Waals surface area contributed by atoms with Gasteiger partial charge < -0.3 is 25.0 Å². The second-order valence-electron chi connectivity index (χ2n) is 10.8. The van der Waals surface area contributed by atoms with Crippen molar-refractivity contribution in [2.75, 3.05) is 45.8 Å². The summed E-state index contributed by atoms with van der Waals surface area (Å²) in [6.07, 6.45) is 5.43. The Morgan fingerprint density at radius 3 is 2.64 bits per heavy atom. The highest BCUT2D eigenvalue weighted by Crippen LogP contribution is 2.40. The highest BCUT2D eigenvalue weighted by atomic mass is 16.5. The van der Waals surface area contributed by atoms with E-state index in [2.05, 4.69) is 32.7 Å². The summed E-state index contributed by atoms with van der Waals surface area (Å²) in [4.78, 5) is 25.0. The average molecular weight is 568 g/mol. The number of benzene rings is 2. The molecule has 42 heavy (non-hydrogen) atoms. The summed E-state index contributed by atoms with van der Waals surface area (Å²) in [5.74, 6) is 0.906. The molecule has 1 fully saturated rings. The van der Waals surface area contributed by atoms with Gasteiger partial charge in [-0.3, -0.25) is 9.48 Å². The maximum atomic E-state index is 13.1. The number of methoxy groups -OCH3 is 2. The Balaban J connectivity index is 1.19. The summed E-state index contributed by atoms with van der Waals surface area (Å²) in [7, 11) is 5.30. The van der Waals surface area contributed by atoms with Crippen molar-refractivity contribution >= 4 is 17.5 Å². The van der Waals surface area contributed by atoms with Gasteiger partial charge in [-0.2, -0.15) is 5.10 Å². The lowest BCUT2D eigenvalue weighted by Gasteiger charge is -2.32. The number of carbonyl (C=O) groups is 1. The van der Waals surface area contributed by atoms with Crippen LogP contribution in [0.4, 0.5) is 11.6 Å². The molecule has 0 spiro atoms. The molecule has 2 N–H and O–H groups in total. The highest BCUT2D eigenvalue weighted by Gasteiger charge is 2.27. The Bertz CT molecular complexity index is 1560. The number of anilines is 2. The van der Waals surface area contributed by atoms with Gasteiger partial charge in [0.2, 0.25) is 5.95 Å². The molecule has 0 bridgehead atoms. The molecule has 0 unspecified atom stereocenters. The van der Waals surface area contributed by atoms with Crippen LogP contribution in [-0.4, -0.2) is 77.1 Å². The molecular weight excluding hydrogens is 530 g/mol. The lowest BCUT2D eigenvalue weighted by molar-refractivity contribution is 0.0892. The van der Waals surface area contributed by atoms with E-state index in [1.165, 1.54) is 0 Å². The van der Waals surface area contributed by atoms with Crippen LogP contribution in [0, 0.1) is 0 Å². The summed E-state index contributed by atoms with van der Waals surface area (Å²) < 4.78 is 12.8. The number of hydrogen-bond acceptors (Lipinski definition) is 8. The molecule has 4 aromatic rings. The number of piperidine rings is 1. The number of likely N-dealkylation sites (tertiary alicyclic amines) is 1. The Morgan fingerprint density at radius 2 is 1.88 bits per heavy atom. The zero-order valence-electron chi connectivity index (χ0n) is 24.4. The van der Waals surface area contributed by atoms with Crippen molar-refractivity contribution in [3.05, 3.63) is 71.5 Å². The van der Waals surface area contributed by atoms with Gasteiger partial charge in [0.1, 0.15) is 5.75 Å². The minimum atomic E-state index is -0.0993. The average Bonchev–Trinajstić information content (AvgIpc) is 3.37. The van der Waals surface area contributed by atoms with Crippen molar-refractivity contribution in [3.8, 4) is 28.3 Å². The summed E-state index contributed by atoms with van der Waals surface area (Å²) in [6, 6.07) is 15.8. The molecular formula is C32H37N7O3. The smallest absolute Gasteiger partial charge is 0.251 e. The zero-order valence-corrected chi connectivity index (χ0v) is 24.4. The minimum absolute atomic E-state index is 0.0993. The summed E-state index contributed by atoms with van der Waals surface area (Å²) >= 11 is 0. The molecule has 218 valence electrons. The number of hydrogen-bond donors (Lipinski definition) is 2. The van der Waals surface area contributed by atoms with Crippen LogP contribution >= 0.6 is 0 Å². The first kappa shape index (κ1) is 27.9. The Labute approximate surface area is 246 Å². The number of rotatable bonds is 9. The van der Waals surface area contributed by atoms with E-state index >= 15 is 0 Å². The molecule has 2 aromatic carbocycles. The fourth-order valence-corrected chi connectivity index (χ4v) is 5.90. The summed E-state index contributed by atoms with van der Waals surface area (Å²) in [5.41, 5.74) is 7.47. The summed E-state index contributed by atoms with van der Waals surface area (Å²) in [6.45, 7) is 3.56. The lowest BCUT2D eigenvalue weighted by Crippen LogP contribution is -2.45. The minimum Gasteiger partial charge on any atom is -0.495 e. The van der Waals surface area contributed by atoms with Gasteiger partial charge >= 0.3 is 0 Å². The van der Waals surface area contributed by atoms with E-state index in [-0.39, 0.29) is 11.9 Å². The van der Waals surface area contributed by atoms with Crippen LogP contribution in [0.3, 0.4) is 0 Å². The van der Waals surface area contributed by atoms with E-state index in [4.69, 9.17) is 19.6 Å². The van der Waals surface area contributed by atoms with Crippen molar-refractivity contribution in [2.24, 2.45) is 7.05 Å². The van der Waals surface area contributed by atoms with Crippen molar-refractivity contribution < 1.29 is 14.3 Å². The number of fused-ring (bicyclic) bond motifs is 3. The van der Waals surface area contributed by atoms with E-state index in [9.17, 15) is 4.79 Å². The van der Waals surface area contributed by atoms with Crippen molar-refractivity contribution in [1.29, 1.82) is 0 Å². The second kappa shape index (κ2) is 12.3. The van der Waals surface area contributed by atoms with Gasteiger partial charge in [0.25, 0.3) is 5.91 Å². The van der Waals surface area contributed by atoms with Crippen LogP contribution in [0.25, 0.3) is 22.5 Å². The zero-order chi connectivity index (χ0) is 29.1. The number of ether oxygens (including phenoxy) is 2. The highest BCUT2D eigenvalue weighted by molar-refractivity contribution is 5.95. The van der Waals surface area contributed by atoms with Gasteiger partial charge in [-0.15, -0.1) is 0 Å². The van der Waals surface area contributed by atoms with Crippen LogP contribution in [0.5, 0.6) is 5.75 Å². The maximum absolute atomic E-state index is 13.1. The third-order valence-electron chi connectivity index (χ3n) is 8.14. The molecule has 6 rings (SSSR count). The number of nitrogens with zero attached hydrogens (tertiary/aromatic N) is 5. The predicted octanol–water partition coefficient (Wildman–Crippen LogP) is 4.24. The quantitative estimate of drug-likeness (QED) is 0.310. The van der Waals surface area contributed by atoms with Crippen LogP contribution in [-0.2, 0) is 24.6 Å². The lowest BCUT2D eigenvalue weighted by atomic mass is 9.91. The molecule has 0 radical (unpaired) electrons. The van der Waals surface area contributed by atoms with Crippen LogP contribution in [0.2, 0.25) is 0 Å². The topological polar surface area (TPSA) is 106 Å². The molecule has 3 heterocycles. The monoisotopic (exact) mass is 567 g/mol. The molecule has 10 nitrogen and oxygen atoms in total. The number of nitrogens with one attached hydrogen (secondary N) is 2. The maximum Gasteiger partial charge on any atom is 0.251 e. The first-order valence-corrected chi connectivity index (χ1v) is 14.5. The van der Waals surface area contributed by atoms with Crippen molar-refractivity contribution in [3.63, 3.8) is 0 Å². The van der Waals surface area contributed by atoms with Crippen LogP contribution < -0.4 is 15.4 Å². The van der Waals surface area contributed by atoms with Crippen molar-refractivity contribution in [1.82, 2.24) is 30.0 Å². The fraction of sp³-hybridized carbons (Fsp3) is 0.375. The predicted molar refractivity (Wildman–Crippen MR) is 162 cm³/mol. The van der Waals surface area contributed by atoms with E-state index in [0.717, 1.165) is 85.7 Å². The van der Waals surface area contributed by atoms with E-state index < -0.39 is 0 Å². The van der Waals surface area contributed by atoms with E-state index in [0.29, 0.717) is 22.9 Å². The Hall–Kier alpha value is -4.28. The number of amides is 1. The molecule has 10 heteroatoms.